The largest absolute Gasteiger partial charge is 0.467 e. The molecule has 2 aromatic carbocycles. The molecule has 1 fully saturated rings. The van der Waals surface area contributed by atoms with Gasteiger partial charge in [-0.1, -0.05) is 48.5 Å². The highest BCUT2D eigenvalue weighted by atomic mass is 16.7. The van der Waals surface area contributed by atoms with Crippen molar-refractivity contribution in [2.24, 2.45) is 0 Å². The van der Waals surface area contributed by atoms with Gasteiger partial charge in [-0.25, -0.2) is 9.59 Å². The third kappa shape index (κ3) is 8.86. The summed E-state index contributed by atoms with van der Waals surface area (Å²) in [5, 5.41) is 2.42. The van der Waals surface area contributed by atoms with Crippen LogP contribution in [0.25, 0.3) is 11.1 Å². The number of hydrogen-bond acceptors (Lipinski definition) is 14. The van der Waals surface area contributed by atoms with Crippen molar-refractivity contribution >= 4 is 35.9 Å². The first-order valence-electron chi connectivity index (χ1n) is 15.0. The van der Waals surface area contributed by atoms with Crippen LogP contribution in [0.1, 0.15) is 44.7 Å². The van der Waals surface area contributed by atoms with Gasteiger partial charge in [0.2, 0.25) is 0 Å². The molecule has 0 spiro atoms. The maximum absolute atomic E-state index is 13.0. The molecule has 0 saturated carbocycles. The average molecular weight is 672 g/mol. The van der Waals surface area contributed by atoms with E-state index in [9.17, 15) is 28.8 Å². The van der Waals surface area contributed by atoms with Crippen LogP contribution in [-0.2, 0) is 61.9 Å². The molecule has 15 heteroatoms. The number of rotatable bonds is 12. The molecule has 2 aliphatic rings. The van der Waals surface area contributed by atoms with E-state index < -0.39 is 85.9 Å². The second-order valence-corrected chi connectivity index (χ2v) is 10.9. The van der Waals surface area contributed by atoms with Crippen molar-refractivity contribution < 1.29 is 66.7 Å². The monoisotopic (exact) mass is 671 g/mol. The molecule has 4 rings (SSSR count). The van der Waals surface area contributed by atoms with Crippen molar-refractivity contribution in [3.05, 3.63) is 59.7 Å². The van der Waals surface area contributed by atoms with Gasteiger partial charge in [-0.15, -0.1) is 0 Å². The molecule has 48 heavy (non-hydrogen) atoms. The lowest BCUT2D eigenvalue weighted by atomic mass is 9.98. The molecule has 15 nitrogen and oxygen atoms in total. The Morgan fingerprint density at radius 3 is 1.79 bits per heavy atom. The fourth-order valence-electron chi connectivity index (χ4n) is 5.61. The van der Waals surface area contributed by atoms with Gasteiger partial charge < -0.3 is 43.2 Å². The van der Waals surface area contributed by atoms with E-state index in [1.807, 2.05) is 48.5 Å². The minimum atomic E-state index is -1.58. The fraction of sp³-hybridized carbons (Fsp3) is 0.455. The molecule has 258 valence electrons. The second kappa shape index (κ2) is 16.2. The van der Waals surface area contributed by atoms with Crippen LogP contribution >= 0.6 is 0 Å². The van der Waals surface area contributed by atoms with E-state index in [0.29, 0.717) is 0 Å². The number of esters is 5. The van der Waals surface area contributed by atoms with Crippen molar-refractivity contribution in [1.82, 2.24) is 5.32 Å². The third-order valence-electron chi connectivity index (χ3n) is 7.50. The van der Waals surface area contributed by atoms with E-state index in [2.05, 4.69) is 5.32 Å². The zero-order chi connectivity index (χ0) is 35.0. The van der Waals surface area contributed by atoms with Crippen LogP contribution in [0, 0.1) is 0 Å². The molecule has 6 atom stereocenters. The minimum Gasteiger partial charge on any atom is -0.467 e. The predicted octanol–water partition coefficient (Wildman–Crippen LogP) is 2.17. The number of benzene rings is 2. The van der Waals surface area contributed by atoms with E-state index in [4.69, 9.17) is 37.9 Å². The first kappa shape index (κ1) is 35.8. The molecule has 0 bridgehead atoms. The molecule has 2 aromatic rings. The number of carbonyl (C=O) groups is 6. The van der Waals surface area contributed by atoms with Gasteiger partial charge >= 0.3 is 35.9 Å². The van der Waals surface area contributed by atoms with Gasteiger partial charge in [0.15, 0.2) is 30.6 Å². The molecule has 1 N–H and O–H groups in total. The van der Waals surface area contributed by atoms with Crippen LogP contribution in [0.4, 0.5) is 4.79 Å². The van der Waals surface area contributed by atoms with Crippen molar-refractivity contribution in [1.29, 1.82) is 0 Å². The molecular weight excluding hydrogens is 634 g/mol. The Balaban J connectivity index is 1.50. The van der Waals surface area contributed by atoms with Gasteiger partial charge in [-0.2, -0.15) is 0 Å². The Labute approximate surface area is 276 Å². The van der Waals surface area contributed by atoms with Crippen molar-refractivity contribution in [2.75, 3.05) is 26.9 Å². The van der Waals surface area contributed by atoms with Gasteiger partial charge in [-0.05, 0) is 22.3 Å². The van der Waals surface area contributed by atoms with Crippen LogP contribution < -0.4 is 5.32 Å². The van der Waals surface area contributed by atoms with Crippen LogP contribution in [-0.4, -0.2) is 99.6 Å². The number of carbonyl (C=O) groups excluding carboxylic acids is 6. The molecule has 1 amide bonds. The Kier molecular flexibility index (Phi) is 12.1. The zero-order valence-electron chi connectivity index (χ0n) is 27.0. The van der Waals surface area contributed by atoms with Crippen molar-refractivity contribution in [3.8, 4) is 11.1 Å². The molecule has 1 aliphatic carbocycles. The van der Waals surface area contributed by atoms with E-state index >= 15 is 0 Å². The predicted molar refractivity (Wildman–Crippen MR) is 162 cm³/mol. The summed E-state index contributed by atoms with van der Waals surface area (Å²) in [5.74, 6) is -4.31. The first-order valence-corrected chi connectivity index (χ1v) is 15.0. The van der Waals surface area contributed by atoms with Crippen molar-refractivity contribution in [3.63, 3.8) is 0 Å². The summed E-state index contributed by atoms with van der Waals surface area (Å²) in [6, 6.07) is 14.1. The summed E-state index contributed by atoms with van der Waals surface area (Å²) in [4.78, 5) is 73.4. The maximum Gasteiger partial charge on any atom is 0.407 e. The molecule has 0 radical (unpaired) electrons. The van der Waals surface area contributed by atoms with Crippen molar-refractivity contribution in [2.45, 2.75) is 70.4 Å². The Hall–Kier alpha value is -5.02. The second-order valence-electron chi connectivity index (χ2n) is 10.9. The van der Waals surface area contributed by atoms with Gasteiger partial charge in [0.25, 0.3) is 0 Å². The number of fused-ring (bicyclic) bond motifs is 3. The normalized spacial score (nSPS) is 21.8. The topological polar surface area (TPSA) is 188 Å². The lowest BCUT2D eigenvalue weighted by Crippen LogP contribution is -2.63. The van der Waals surface area contributed by atoms with E-state index in [0.717, 1.165) is 57.1 Å². The summed E-state index contributed by atoms with van der Waals surface area (Å²) in [6.45, 7) is 3.26. The van der Waals surface area contributed by atoms with Gasteiger partial charge in [-0.3, -0.25) is 19.2 Å². The fourth-order valence-corrected chi connectivity index (χ4v) is 5.61. The smallest absolute Gasteiger partial charge is 0.407 e. The quantitative estimate of drug-likeness (QED) is 0.255. The number of nitrogens with one attached hydrogen (secondary N) is 1. The third-order valence-corrected chi connectivity index (χ3v) is 7.50. The molecule has 0 unspecified atom stereocenters. The summed E-state index contributed by atoms with van der Waals surface area (Å²) in [7, 11) is 1.10. The lowest BCUT2D eigenvalue weighted by molar-refractivity contribution is -0.308. The SMILES string of the molecule is COC(=O)[C@H](CO[C@@H]1O[C@H](COC(C)=O)[C@H](OC(C)=O)[C@H](OC(C)=O)[C@H]1OC(C)=O)NC(=O)OCC1c2ccccc2-c2ccccc21. The summed E-state index contributed by atoms with van der Waals surface area (Å²) in [6.07, 6.45) is -8.21. The van der Waals surface area contributed by atoms with Gasteiger partial charge in [0.05, 0.1) is 13.7 Å². The van der Waals surface area contributed by atoms with Gasteiger partial charge in [0, 0.05) is 33.6 Å². The number of methoxy groups -OCH3 is 1. The highest BCUT2D eigenvalue weighted by Gasteiger charge is 2.53. The Bertz CT molecular complexity index is 1480. The number of ether oxygens (including phenoxy) is 8. The Morgan fingerprint density at radius 1 is 0.708 bits per heavy atom. The van der Waals surface area contributed by atoms with Gasteiger partial charge in [0.1, 0.15) is 19.3 Å². The van der Waals surface area contributed by atoms with Crippen LogP contribution in [0.3, 0.4) is 0 Å². The Morgan fingerprint density at radius 2 is 1.25 bits per heavy atom. The standard InChI is InChI=1S/C33H37NO14/c1-17(35)42-16-27-28(45-18(2)36)29(46-19(3)37)30(47-20(4)38)32(48-27)43-15-26(31(39)41-5)34-33(40)44-14-25-23-12-8-6-10-21(23)22-11-7-9-13-24(22)25/h6-13,25-30,32H,14-16H2,1-5H3,(H,34,40)/t26-,27+,28-,29-,30+,32+/m0/s1. The maximum atomic E-state index is 13.0. The van der Waals surface area contributed by atoms with E-state index in [1.54, 1.807) is 0 Å². The molecule has 1 saturated heterocycles. The molecule has 0 aromatic heterocycles. The van der Waals surface area contributed by atoms with Crippen LogP contribution in [0.5, 0.6) is 0 Å². The highest BCUT2D eigenvalue weighted by molar-refractivity contribution is 5.82. The molecule has 1 heterocycles. The molecule has 1 aliphatic heterocycles. The minimum absolute atomic E-state index is 0.0334. The molecular formula is C33H37NO14. The van der Waals surface area contributed by atoms with Crippen LogP contribution in [0.2, 0.25) is 0 Å². The van der Waals surface area contributed by atoms with E-state index in [-0.39, 0.29) is 12.5 Å². The summed E-state index contributed by atoms with van der Waals surface area (Å²) < 4.78 is 43.2. The zero-order valence-corrected chi connectivity index (χ0v) is 27.0. The summed E-state index contributed by atoms with van der Waals surface area (Å²) >= 11 is 0. The first-order chi connectivity index (χ1) is 22.9. The highest BCUT2D eigenvalue weighted by Crippen LogP contribution is 2.44. The average Bonchev–Trinajstić information content (AvgIpc) is 3.36. The number of amides is 1. The van der Waals surface area contributed by atoms with Crippen LogP contribution in [0.15, 0.2) is 48.5 Å². The number of alkyl carbamates (subject to hydrolysis) is 1. The van der Waals surface area contributed by atoms with E-state index in [1.165, 1.54) is 0 Å². The lowest BCUT2D eigenvalue weighted by Gasteiger charge is -2.44. The number of hydrogen-bond donors (Lipinski definition) is 1. The summed E-state index contributed by atoms with van der Waals surface area (Å²) in [5.41, 5.74) is 4.05.